The molecule has 0 aromatic heterocycles. The van der Waals surface area contributed by atoms with Crippen LogP contribution in [0.1, 0.15) is 12.8 Å². The van der Waals surface area contributed by atoms with Gasteiger partial charge >= 0.3 is 0 Å². The SMILES string of the molecule is C1CC2=C(S1)S/C(=C1/SC3=C(SCC3)S1)S2. The van der Waals surface area contributed by atoms with E-state index in [1.54, 1.807) is 26.8 Å². The Balaban J connectivity index is 1.56. The maximum Gasteiger partial charge on any atom is 0.0708 e. The van der Waals surface area contributed by atoms with Crippen LogP contribution in [0.4, 0.5) is 0 Å². The first-order valence-corrected chi connectivity index (χ1v) is 10.3. The summed E-state index contributed by atoms with van der Waals surface area (Å²) in [5.41, 5.74) is 0. The predicted octanol–water partition coefficient (Wildman–Crippen LogP) is 5.69. The highest BCUT2D eigenvalue weighted by molar-refractivity contribution is 8.40. The molecule has 0 atom stereocenters. The zero-order chi connectivity index (χ0) is 10.5. The number of thioether (sulfide) groups is 6. The van der Waals surface area contributed by atoms with Crippen molar-refractivity contribution in [2.75, 3.05) is 11.5 Å². The third-order valence-electron chi connectivity index (χ3n) is 2.55. The highest BCUT2D eigenvalue weighted by Gasteiger charge is 2.33. The van der Waals surface area contributed by atoms with Gasteiger partial charge in [-0.1, -0.05) is 47.0 Å². The number of hydrogen-bond donors (Lipinski definition) is 0. The fourth-order valence-electron chi connectivity index (χ4n) is 1.80. The smallest absolute Gasteiger partial charge is 0.0708 e. The number of hydrogen-bond acceptors (Lipinski definition) is 6. The maximum absolute atomic E-state index is 2.05. The second-order valence-corrected chi connectivity index (χ2v) is 11.1. The van der Waals surface area contributed by atoms with Crippen LogP contribution in [0.15, 0.2) is 26.8 Å². The van der Waals surface area contributed by atoms with E-state index < -0.39 is 0 Å². The van der Waals surface area contributed by atoms with Gasteiger partial charge in [-0.25, -0.2) is 0 Å². The van der Waals surface area contributed by atoms with Crippen LogP contribution >= 0.6 is 70.6 Å². The van der Waals surface area contributed by atoms with E-state index in [0.717, 1.165) is 0 Å². The summed E-state index contributed by atoms with van der Waals surface area (Å²) in [5.74, 6) is 2.61. The third-order valence-corrected chi connectivity index (χ3v) is 11.4. The Kier molecular flexibility index (Phi) is 3.11. The van der Waals surface area contributed by atoms with E-state index in [1.807, 2.05) is 70.6 Å². The van der Waals surface area contributed by atoms with Crippen LogP contribution in [-0.2, 0) is 0 Å². The van der Waals surface area contributed by atoms with Crippen molar-refractivity contribution in [2.24, 2.45) is 0 Å². The molecule has 0 fully saturated rings. The van der Waals surface area contributed by atoms with Gasteiger partial charge in [0.2, 0.25) is 0 Å². The summed E-state index contributed by atoms with van der Waals surface area (Å²) >= 11 is 12.2. The summed E-state index contributed by atoms with van der Waals surface area (Å²) in [7, 11) is 0. The van der Waals surface area contributed by atoms with Gasteiger partial charge in [0, 0.05) is 21.3 Å². The van der Waals surface area contributed by atoms with Gasteiger partial charge in [-0.3, -0.25) is 0 Å². The van der Waals surface area contributed by atoms with Gasteiger partial charge in [-0.15, -0.1) is 23.5 Å². The Morgan fingerprint density at radius 2 is 1.06 bits per heavy atom. The lowest BCUT2D eigenvalue weighted by molar-refractivity contribution is 1.25. The minimum Gasteiger partial charge on any atom is -0.118 e. The number of rotatable bonds is 0. The molecule has 4 heterocycles. The van der Waals surface area contributed by atoms with Crippen LogP contribution in [-0.4, -0.2) is 11.5 Å². The third kappa shape index (κ3) is 1.84. The fourth-order valence-corrected chi connectivity index (χ4v) is 11.0. The number of allylic oxidation sites excluding steroid dienone is 2. The van der Waals surface area contributed by atoms with Gasteiger partial charge in [-0.05, 0) is 12.8 Å². The van der Waals surface area contributed by atoms with Crippen molar-refractivity contribution in [2.45, 2.75) is 12.8 Å². The monoisotopic (exact) mass is 320 g/mol. The summed E-state index contributed by atoms with van der Waals surface area (Å²) in [4.78, 5) is 3.27. The largest absolute Gasteiger partial charge is 0.118 e. The van der Waals surface area contributed by atoms with Gasteiger partial charge in [-0.2, -0.15) is 0 Å². The topological polar surface area (TPSA) is 0 Å². The Hall–Kier alpha value is 1.32. The summed E-state index contributed by atoms with van der Waals surface area (Å²) in [5, 5.41) is 0. The molecular formula is C10H8S6. The van der Waals surface area contributed by atoms with Crippen LogP contribution in [0.2, 0.25) is 0 Å². The molecule has 16 heavy (non-hydrogen) atoms. The normalized spacial score (nSPS) is 33.0. The van der Waals surface area contributed by atoms with Crippen molar-refractivity contribution in [3.63, 3.8) is 0 Å². The van der Waals surface area contributed by atoms with Crippen LogP contribution < -0.4 is 0 Å². The van der Waals surface area contributed by atoms with Gasteiger partial charge in [0.05, 0.1) is 16.9 Å². The van der Waals surface area contributed by atoms with Crippen LogP contribution in [0.3, 0.4) is 0 Å². The van der Waals surface area contributed by atoms with E-state index in [-0.39, 0.29) is 0 Å². The van der Waals surface area contributed by atoms with Crippen molar-refractivity contribution >= 4 is 70.6 Å². The van der Waals surface area contributed by atoms with E-state index in [1.165, 1.54) is 24.3 Å². The molecule has 4 aliphatic rings. The molecule has 6 heteroatoms. The Bertz CT molecular complexity index is 380. The molecule has 0 aliphatic carbocycles. The van der Waals surface area contributed by atoms with E-state index in [2.05, 4.69) is 0 Å². The predicted molar refractivity (Wildman–Crippen MR) is 85.6 cm³/mol. The molecule has 0 saturated heterocycles. The van der Waals surface area contributed by atoms with E-state index in [0.29, 0.717) is 0 Å². The molecule has 0 spiro atoms. The van der Waals surface area contributed by atoms with Gasteiger partial charge in [0.25, 0.3) is 0 Å². The molecule has 0 N–H and O–H groups in total. The molecule has 4 rings (SSSR count). The molecule has 0 aromatic rings. The lowest BCUT2D eigenvalue weighted by Crippen LogP contribution is -1.75. The van der Waals surface area contributed by atoms with Crippen molar-refractivity contribution < 1.29 is 0 Å². The highest BCUT2D eigenvalue weighted by atomic mass is 32.2. The van der Waals surface area contributed by atoms with Crippen LogP contribution in [0.5, 0.6) is 0 Å². The molecule has 0 bridgehead atoms. The zero-order valence-corrected chi connectivity index (χ0v) is 13.2. The average Bonchev–Trinajstić information content (AvgIpc) is 2.94. The minimum atomic E-state index is 1.30. The molecular weight excluding hydrogens is 313 g/mol. The fraction of sp³-hybridized carbons (Fsp3) is 0.400. The second kappa shape index (κ2) is 4.46. The molecule has 0 aromatic carbocycles. The van der Waals surface area contributed by atoms with E-state index >= 15 is 0 Å². The first kappa shape index (κ1) is 11.2. The van der Waals surface area contributed by atoms with Crippen molar-refractivity contribution in [1.82, 2.24) is 0 Å². The van der Waals surface area contributed by atoms with Crippen LogP contribution in [0.25, 0.3) is 0 Å². The van der Waals surface area contributed by atoms with Gasteiger partial charge in [0.1, 0.15) is 0 Å². The summed E-state index contributed by atoms with van der Waals surface area (Å²) < 4.78 is 6.30. The van der Waals surface area contributed by atoms with Gasteiger partial charge in [0.15, 0.2) is 0 Å². The van der Waals surface area contributed by atoms with Crippen molar-refractivity contribution in [3.05, 3.63) is 26.8 Å². The molecule has 0 nitrogen and oxygen atoms in total. The van der Waals surface area contributed by atoms with Crippen molar-refractivity contribution in [1.29, 1.82) is 0 Å². The molecule has 0 saturated carbocycles. The Morgan fingerprint density at radius 1 is 0.562 bits per heavy atom. The zero-order valence-electron chi connectivity index (χ0n) is 8.28. The van der Waals surface area contributed by atoms with E-state index in [9.17, 15) is 0 Å². The second-order valence-electron chi connectivity index (χ2n) is 3.60. The van der Waals surface area contributed by atoms with E-state index in [4.69, 9.17) is 0 Å². The lowest BCUT2D eigenvalue weighted by Gasteiger charge is -2.05. The molecule has 84 valence electrons. The highest BCUT2D eigenvalue weighted by Crippen LogP contribution is 2.66. The molecule has 4 aliphatic heterocycles. The summed E-state index contributed by atoms with van der Waals surface area (Å²) in [6.07, 6.45) is 2.59. The molecule has 0 amide bonds. The lowest BCUT2D eigenvalue weighted by atomic mass is 10.5. The maximum atomic E-state index is 2.05. The first-order valence-electron chi connectivity index (χ1n) is 5.08. The van der Waals surface area contributed by atoms with Gasteiger partial charge < -0.3 is 0 Å². The van der Waals surface area contributed by atoms with Crippen LogP contribution in [0, 0.1) is 0 Å². The Labute approximate surface area is 121 Å². The first-order chi connectivity index (χ1) is 7.90. The van der Waals surface area contributed by atoms with Crippen molar-refractivity contribution in [3.8, 4) is 0 Å². The Morgan fingerprint density at radius 3 is 1.50 bits per heavy atom. The minimum absolute atomic E-state index is 1.30. The quantitative estimate of drug-likeness (QED) is 0.558. The molecule has 0 radical (unpaired) electrons. The summed E-state index contributed by atoms with van der Waals surface area (Å²) in [6.45, 7) is 0. The molecule has 0 unspecified atom stereocenters. The standard InChI is InChI=1S/C10H8S6/c1-3-11-7-5(1)13-9(15-7)10-14-6-2-4-12-8(6)16-10/h1-4H2/b10-9-. The summed E-state index contributed by atoms with van der Waals surface area (Å²) in [6, 6.07) is 0. The average molecular weight is 321 g/mol.